The number of carbonyl (C=O) groups excluding carboxylic acids is 1. The summed E-state index contributed by atoms with van der Waals surface area (Å²) in [6, 6.07) is 5.58. The first kappa shape index (κ1) is 13.3. The highest BCUT2D eigenvalue weighted by Gasteiger charge is 2.23. The number of hydrogen-bond donors (Lipinski definition) is 1. The molecule has 0 aliphatic carbocycles. The summed E-state index contributed by atoms with van der Waals surface area (Å²) in [6.45, 7) is 3.28. The lowest BCUT2D eigenvalue weighted by atomic mass is 10.2. The predicted molar refractivity (Wildman–Crippen MR) is 70.0 cm³/mol. The number of benzene rings is 1. The van der Waals surface area contributed by atoms with Crippen molar-refractivity contribution in [1.82, 2.24) is 4.90 Å². The van der Waals surface area contributed by atoms with Crippen molar-refractivity contribution in [3.8, 4) is 6.07 Å². The first-order valence-corrected chi connectivity index (χ1v) is 6.37. The smallest absolute Gasteiger partial charge is 0.244 e. The minimum absolute atomic E-state index is 0.0127. The molecule has 1 heterocycles. The van der Waals surface area contributed by atoms with Crippen LogP contribution in [0.2, 0.25) is 0 Å². The number of amides is 1. The average molecular weight is 261 g/mol. The summed E-state index contributed by atoms with van der Waals surface area (Å²) < 4.78 is 13.7. The van der Waals surface area contributed by atoms with Gasteiger partial charge >= 0.3 is 0 Å². The van der Waals surface area contributed by atoms with E-state index in [1.165, 1.54) is 12.1 Å². The zero-order chi connectivity index (χ0) is 13.8. The van der Waals surface area contributed by atoms with Crippen LogP contribution in [0.15, 0.2) is 18.2 Å². The molecule has 1 aromatic carbocycles. The van der Waals surface area contributed by atoms with E-state index >= 15 is 0 Å². The van der Waals surface area contributed by atoms with Crippen LogP contribution in [0.1, 0.15) is 25.3 Å². The third-order valence-electron chi connectivity index (χ3n) is 3.26. The minimum atomic E-state index is -0.514. The number of likely N-dealkylation sites (tertiary alicyclic amines) is 1. The summed E-state index contributed by atoms with van der Waals surface area (Å²) in [5.74, 6) is -0.526. The number of anilines is 1. The third-order valence-corrected chi connectivity index (χ3v) is 3.26. The van der Waals surface area contributed by atoms with Crippen LogP contribution in [-0.2, 0) is 4.79 Å². The summed E-state index contributed by atoms with van der Waals surface area (Å²) >= 11 is 0. The van der Waals surface area contributed by atoms with Gasteiger partial charge in [0.2, 0.25) is 5.91 Å². The van der Waals surface area contributed by atoms with Crippen molar-refractivity contribution in [3.05, 3.63) is 29.6 Å². The van der Waals surface area contributed by atoms with Gasteiger partial charge in [-0.15, -0.1) is 0 Å². The number of nitrogens with one attached hydrogen (secondary N) is 1. The number of carbonyl (C=O) groups is 1. The fraction of sp³-hybridized carbons (Fsp3) is 0.429. The molecule has 1 aliphatic rings. The van der Waals surface area contributed by atoms with Gasteiger partial charge in [-0.05, 0) is 38.0 Å². The molecule has 1 atom stereocenters. The van der Waals surface area contributed by atoms with Gasteiger partial charge in [0.05, 0.1) is 17.3 Å². The van der Waals surface area contributed by atoms with Crippen molar-refractivity contribution in [2.24, 2.45) is 0 Å². The Bertz CT molecular complexity index is 518. The lowest BCUT2D eigenvalue weighted by Crippen LogP contribution is -2.39. The van der Waals surface area contributed by atoms with Gasteiger partial charge in [-0.3, -0.25) is 4.79 Å². The van der Waals surface area contributed by atoms with Crippen molar-refractivity contribution < 1.29 is 9.18 Å². The molecule has 0 aromatic heterocycles. The molecule has 4 nitrogen and oxygen atoms in total. The Labute approximate surface area is 111 Å². The largest absolute Gasteiger partial charge is 0.372 e. The molecule has 0 radical (unpaired) electrons. The molecule has 100 valence electrons. The zero-order valence-electron chi connectivity index (χ0n) is 10.8. The highest BCUT2D eigenvalue weighted by Crippen LogP contribution is 2.17. The molecular weight excluding hydrogens is 245 g/mol. The third kappa shape index (κ3) is 3.02. The van der Waals surface area contributed by atoms with E-state index in [0.717, 1.165) is 32.0 Å². The van der Waals surface area contributed by atoms with Crippen LogP contribution in [0.3, 0.4) is 0 Å². The fourth-order valence-corrected chi connectivity index (χ4v) is 2.21. The van der Waals surface area contributed by atoms with E-state index in [9.17, 15) is 9.18 Å². The second kappa shape index (κ2) is 5.70. The van der Waals surface area contributed by atoms with Crippen LogP contribution < -0.4 is 5.32 Å². The summed E-state index contributed by atoms with van der Waals surface area (Å²) in [5, 5.41) is 11.5. The van der Waals surface area contributed by atoms with Gasteiger partial charge in [-0.1, -0.05) is 0 Å². The van der Waals surface area contributed by atoms with Gasteiger partial charge in [0, 0.05) is 13.1 Å². The Balaban J connectivity index is 2.04. The topological polar surface area (TPSA) is 56.1 Å². The molecule has 5 heteroatoms. The Morgan fingerprint density at radius 3 is 2.74 bits per heavy atom. The normalized spacial score (nSPS) is 15.9. The van der Waals surface area contributed by atoms with Crippen LogP contribution in [-0.4, -0.2) is 29.9 Å². The van der Waals surface area contributed by atoms with E-state index in [2.05, 4.69) is 5.32 Å². The molecule has 0 saturated carbocycles. The number of nitriles is 1. The Morgan fingerprint density at radius 1 is 1.47 bits per heavy atom. The molecule has 1 aromatic rings. The van der Waals surface area contributed by atoms with Crippen molar-refractivity contribution >= 4 is 11.6 Å². The fourth-order valence-electron chi connectivity index (χ4n) is 2.21. The molecule has 0 spiro atoms. The molecule has 1 amide bonds. The van der Waals surface area contributed by atoms with Crippen molar-refractivity contribution in [3.63, 3.8) is 0 Å². The van der Waals surface area contributed by atoms with Crippen LogP contribution in [0.4, 0.5) is 10.1 Å². The molecule has 1 unspecified atom stereocenters. The van der Waals surface area contributed by atoms with Gasteiger partial charge in [-0.2, -0.15) is 5.26 Å². The standard InChI is InChI=1S/C14H16FN3O/c1-10(14(19)18-6-2-3-7-18)17-13-5-4-11(9-16)8-12(13)15/h4-5,8,10,17H,2-3,6-7H2,1H3. The maximum atomic E-state index is 13.7. The number of halogens is 1. The van der Waals surface area contributed by atoms with Gasteiger partial charge in [0.25, 0.3) is 0 Å². The molecule has 1 fully saturated rings. The van der Waals surface area contributed by atoms with Crippen LogP contribution in [0.25, 0.3) is 0 Å². The summed E-state index contributed by atoms with van der Waals surface area (Å²) in [7, 11) is 0. The molecule has 19 heavy (non-hydrogen) atoms. The van der Waals surface area contributed by atoms with Crippen LogP contribution in [0.5, 0.6) is 0 Å². The number of rotatable bonds is 3. The maximum absolute atomic E-state index is 13.7. The monoisotopic (exact) mass is 261 g/mol. The quantitative estimate of drug-likeness (QED) is 0.906. The first-order valence-electron chi connectivity index (χ1n) is 6.37. The van der Waals surface area contributed by atoms with Crippen molar-refractivity contribution in [2.45, 2.75) is 25.8 Å². The van der Waals surface area contributed by atoms with E-state index in [4.69, 9.17) is 5.26 Å². The minimum Gasteiger partial charge on any atom is -0.372 e. The highest BCUT2D eigenvalue weighted by molar-refractivity contribution is 5.84. The van der Waals surface area contributed by atoms with E-state index < -0.39 is 11.9 Å². The maximum Gasteiger partial charge on any atom is 0.244 e. The van der Waals surface area contributed by atoms with Crippen molar-refractivity contribution in [2.75, 3.05) is 18.4 Å². The second-order valence-corrected chi connectivity index (χ2v) is 4.70. The summed E-state index contributed by atoms with van der Waals surface area (Å²) in [6.07, 6.45) is 2.06. The number of hydrogen-bond acceptors (Lipinski definition) is 3. The highest BCUT2D eigenvalue weighted by atomic mass is 19.1. The Hall–Kier alpha value is -2.09. The molecule has 0 bridgehead atoms. The SMILES string of the molecule is CC(Nc1ccc(C#N)cc1F)C(=O)N1CCCC1. The van der Waals surface area contributed by atoms with Gasteiger partial charge in [0.1, 0.15) is 11.9 Å². The zero-order valence-corrected chi connectivity index (χ0v) is 10.8. The molecule has 1 aliphatic heterocycles. The van der Waals surface area contributed by atoms with Crippen molar-refractivity contribution in [1.29, 1.82) is 5.26 Å². The van der Waals surface area contributed by atoms with E-state index in [0.29, 0.717) is 0 Å². The predicted octanol–water partition coefficient (Wildman–Crippen LogP) is 2.12. The average Bonchev–Trinajstić information content (AvgIpc) is 2.94. The van der Waals surface area contributed by atoms with E-state index in [-0.39, 0.29) is 17.2 Å². The van der Waals surface area contributed by atoms with Crippen LogP contribution >= 0.6 is 0 Å². The lowest BCUT2D eigenvalue weighted by molar-refractivity contribution is -0.130. The molecule has 1 N–H and O–H groups in total. The van der Waals surface area contributed by atoms with Gasteiger partial charge in [-0.25, -0.2) is 4.39 Å². The Kier molecular flexibility index (Phi) is 4.00. The van der Waals surface area contributed by atoms with Gasteiger partial charge < -0.3 is 10.2 Å². The van der Waals surface area contributed by atoms with Crippen LogP contribution in [0, 0.1) is 17.1 Å². The molecular formula is C14H16FN3O. The van der Waals surface area contributed by atoms with E-state index in [1.54, 1.807) is 11.8 Å². The van der Waals surface area contributed by atoms with Gasteiger partial charge in [0.15, 0.2) is 0 Å². The summed E-state index contributed by atoms with van der Waals surface area (Å²) in [5.41, 5.74) is 0.514. The summed E-state index contributed by atoms with van der Waals surface area (Å²) in [4.78, 5) is 13.9. The molecule has 2 rings (SSSR count). The number of nitrogens with zero attached hydrogens (tertiary/aromatic N) is 2. The molecule has 1 saturated heterocycles. The first-order chi connectivity index (χ1) is 9.11. The Morgan fingerprint density at radius 2 is 2.16 bits per heavy atom. The van der Waals surface area contributed by atoms with E-state index in [1.807, 2.05) is 6.07 Å². The second-order valence-electron chi connectivity index (χ2n) is 4.70. The lowest BCUT2D eigenvalue weighted by Gasteiger charge is -2.22.